The van der Waals surface area contributed by atoms with E-state index in [2.05, 4.69) is 13.0 Å². The molecule has 2 aromatic rings. The highest BCUT2D eigenvalue weighted by Crippen LogP contribution is 2.46. The van der Waals surface area contributed by atoms with Crippen LogP contribution in [0.3, 0.4) is 0 Å². The SMILES string of the molecule is C[C@H](/C=C/P(=O)(c1ccccc1)c1ccccc1)[C@H]1CCC(=O)[C@@H]1C. The van der Waals surface area contributed by atoms with Gasteiger partial charge in [0.15, 0.2) is 7.14 Å². The number of hydrogen-bond donors (Lipinski definition) is 0. The highest BCUT2D eigenvalue weighted by atomic mass is 31.2. The third-order valence-electron chi connectivity index (χ3n) is 5.43. The smallest absolute Gasteiger partial charge is 0.163 e. The summed E-state index contributed by atoms with van der Waals surface area (Å²) in [4.78, 5) is 11.9. The average Bonchev–Trinajstić information content (AvgIpc) is 3.00. The summed E-state index contributed by atoms with van der Waals surface area (Å²) in [5.74, 6) is 2.95. The van der Waals surface area contributed by atoms with Crippen molar-refractivity contribution in [3.8, 4) is 0 Å². The van der Waals surface area contributed by atoms with E-state index < -0.39 is 7.14 Å². The largest absolute Gasteiger partial charge is 0.309 e. The van der Waals surface area contributed by atoms with E-state index in [9.17, 15) is 9.36 Å². The van der Waals surface area contributed by atoms with Gasteiger partial charge in [-0.1, -0.05) is 80.6 Å². The van der Waals surface area contributed by atoms with E-state index in [1.807, 2.05) is 73.4 Å². The van der Waals surface area contributed by atoms with Gasteiger partial charge in [-0.05, 0) is 24.1 Å². The number of Topliss-reactive ketones (excluding diaryl/α,β-unsaturated/α-hetero) is 1. The minimum atomic E-state index is -2.82. The van der Waals surface area contributed by atoms with E-state index in [0.29, 0.717) is 18.1 Å². The maximum atomic E-state index is 13.9. The predicted molar refractivity (Wildman–Crippen MR) is 105 cm³/mol. The zero-order chi connectivity index (χ0) is 17.9. The fraction of sp³-hybridized carbons (Fsp3) is 0.318. The Labute approximate surface area is 150 Å². The van der Waals surface area contributed by atoms with Crippen LogP contribution in [-0.2, 0) is 9.36 Å². The molecule has 0 heterocycles. The zero-order valence-corrected chi connectivity index (χ0v) is 15.7. The van der Waals surface area contributed by atoms with E-state index in [-0.39, 0.29) is 11.8 Å². The molecule has 3 atom stereocenters. The van der Waals surface area contributed by atoms with Crippen LogP contribution in [0, 0.1) is 17.8 Å². The van der Waals surface area contributed by atoms with Crippen molar-refractivity contribution in [3.63, 3.8) is 0 Å². The third kappa shape index (κ3) is 3.70. The van der Waals surface area contributed by atoms with E-state index in [1.165, 1.54) is 0 Å². The maximum absolute atomic E-state index is 13.9. The molecule has 3 rings (SSSR count). The lowest BCUT2D eigenvalue weighted by atomic mass is 9.86. The second-order valence-electron chi connectivity index (χ2n) is 6.99. The van der Waals surface area contributed by atoms with Crippen LogP contribution in [0.1, 0.15) is 26.7 Å². The Morgan fingerprint density at radius 3 is 1.96 bits per heavy atom. The van der Waals surface area contributed by atoms with Crippen molar-refractivity contribution in [2.45, 2.75) is 26.7 Å². The van der Waals surface area contributed by atoms with Crippen LogP contribution >= 0.6 is 7.14 Å². The molecular formula is C22H25O2P. The molecule has 0 spiro atoms. The second kappa shape index (κ2) is 7.54. The zero-order valence-electron chi connectivity index (χ0n) is 14.8. The lowest BCUT2D eigenvalue weighted by Crippen LogP contribution is -2.17. The van der Waals surface area contributed by atoms with Gasteiger partial charge >= 0.3 is 0 Å². The van der Waals surface area contributed by atoms with Gasteiger partial charge < -0.3 is 4.57 Å². The highest BCUT2D eigenvalue weighted by molar-refractivity contribution is 7.81. The number of allylic oxidation sites excluding steroid dienone is 1. The van der Waals surface area contributed by atoms with E-state index in [1.54, 1.807) is 0 Å². The van der Waals surface area contributed by atoms with Crippen LogP contribution in [-0.4, -0.2) is 5.78 Å². The molecule has 0 saturated heterocycles. The molecule has 25 heavy (non-hydrogen) atoms. The summed E-state index contributed by atoms with van der Waals surface area (Å²) in [5, 5.41) is 1.69. The van der Waals surface area contributed by atoms with Crippen molar-refractivity contribution in [2.24, 2.45) is 17.8 Å². The van der Waals surface area contributed by atoms with E-state index in [0.717, 1.165) is 17.0 Å². The monoisotopic (exact) mass is 352 g/mol. The first-order chi connectivity index (χ1) is 12.0. The van der Waals surface area contributed by atoms with Crippen molar-refractivity contribution < 1.29 is 9.36 Å². The number of ketones is 1. The molecule has 0 bridgehead atoms. The Morgan fingerprint density at radius 1 is 1.00 bits per heavy atom. The number of benzene rings is 2. The summed E-state index contributed by atoms with van der Waals surface area (Å²) in [6, 6.07) is 19.3. The average molecular weight is 352 g/mol. The molecule has 0 aliphatic heterocycles. The van der Waals surface area contributed by atoms with E-state index >= 15 is 0 Å². The molecule has 1 aliphatic rings. The van der Waals surface area contributed by atoms with Gasteiger partial charge in [0, 0.05) is 22.9 Å². The van der Waals surface area contributed by atoms with Crippen LogP contribution in [0.25, 0.3) is 0 Å². The Bertz CT molecular complexity index is 752. The molecule has 2 aromatic carbocycles. The van der Waals surface area contributed by atoms with Crippen LogP contribution in [0.4, 0.5) is 0 Å². The number of carbonyl (C=O) groups is 1. The molecule has 3 heteroatoms. The third-order valence-corrected chi connectivity index (χ3v) is 8.15. The van der Waals surface area contributed by atoms with Crippen LogP contribution in [0.15, 0.2) is 72.6 Å². The first-order valence-corrected chi connectivity index (χ1v) is 10.7. The van der Waals surface area contributed by atoms with Crippen molar-refractivity contribution >= 4 is 23.5 Å². The van der Waals surface area contributed by atoms with Crippen LogP contribution in [0.2, 0.25) is 0 Å². The molecule has 1 aliphatic carbocycles. The van der Waals surface area contributed by atoms with Crippen molar-refractivity contribution in [3.05, 3.63) is 72.6 Å². The Hall–Kier alpha value is -1.92. The number of hydrogen-bond acceptors (Lipinski definition) is 2. The topological polar surface area (TPSA) is 34.1 Å². The molecule has 0 aromatic heterocycles. The standard InChI is InChI=1S/C22H25O2P/c1-17(21-13-14-22(23)18(21)2)15-16-25(24,19-9-5-3-6-10-19)20-11-7-4-8-12-20/h3-12,15-18,21H,13-14H2,1-2H3/b16-15+/t17-,18-,21-/m1/s1. The Balaban J connectivity index is 1.94. The van der Waals surface area contributed by atoms with Gasteiger partial charge in [-0.15, -0.1) is 0 Å². The van der Waals surface area contributed by atoms with Gasteiger partial charge in [0.05, 0.1) is 0 Å². The molecule has 2 nitrogen and oxygen atoms in total. The van der Waals surface area contributed by atoms with Crippen LogP contribution in [0.5, 0.6) is 0 Å². The van der Waals surface area contributed by atoms with Gasteiger partial charge in [-0.2, -0.15) is 0 Å². The Kier molecular flexibility index (Phi) is 5.39. The predicted octanol–water partition coefficient (Wildman–Crippen LogP) is 4.77. The fourth-order valence-corrected chi connectivity index (χ4v) is 6.15. The molecule has 1 fully saturated rings. The van der Waals surface area contributed by atoms with Crippen molar-refractivity contribution in [1.82, 2.24) is 0 Å². The first kappa shape index (κ1) is 17.9. The van der Waals surface area contributed by atoms with E-state index in [4.69, 9.17) is 0 Å². The summed E-state index contributed by atoms with van der Waals surface area (Å²) in [6.45, 7) is 4.16. The summed E-state index contributed by atoms with van der Waals surface area (Å²) >= 11 is 0. The number of rotatable bonds is 5. The molecular weight excluding hydrogens is 327 g/mol. The molecule has 0 unspecified atom stereocenters. The minimum absolute atomic E-state index is 0.104. The van der Waals surface area contributed by atoms with Gasteiger partial charge in [0.2, 0.25) is 0 Å². The molecule has 130 valence electrons. The summed E-state index contributed by atoms with van der Waals surface area (Å²) in [6.07, 6.45) is 3.69. The van der Waals surface area contributed by atoms with Crippen molar-refractivity contribution in [1.29, 1.82) is 0 Å². The molecule has 0 N–H and O–H groups in total. The summed E-state index contributed by atoms with van der Waals surface area (Å²) in [7, 11) is -2.82. The summed E-state index contributed by atoms with van der Waals surface area (Å²) in [5.41, 5.74) is 0. The highest BCUT2D eigenvalue weighted by Gasteiger charge is 2.34. The first-order valence-electron chi connectivity index (χ1n) is 8.95. The van der Waals surface area contributed by atoms with Crippen LogP contribution < -0.4 is 10.6 Å². The maximum Gasteiger partial charge on any atom is 0.163 e. The quantitative estimate of drug-likeness (QED) is 0.727. The Morgan fingerprint density at radius 2 is 1.52 bits per heavy atom. The lowest BCUT2D eigenvalue weighted by molar-refractivity contribution is -0.120. The molecule has 1 saturated carbocycles. The lowest BCUT2D eigenvalue weighted by Gasteiger charge is -2.21. The van der Waals surface area contributed by atoms with Gasteiger partial charge in [0.1, 0.15) is 5.78 Å². The minimum Gasteiger partial charge on any atom is -0.309 e. The fourth-order valence-electron chi connectivity index (χ4n) is 3.76. The number of carbonyl (C=O) groups excluding carboxylic acids is 1. The van der Waals surface area contributed by atoms with Gasteiger partial charge in [0.25, 0.3) is 0 Å². The second-order valence-corrected chi connectivity index (χ2v) is 9.63. The molecule has 0 radical (unpaired) electrons. The normalized spacial score (nSPS) is 22.4. The molecule has 0 amide bonds. The van der Waals surface area contributed by atoms with Gasteiger partial charge in [-0.3, -0.25) is 4.79 Å². The van der Waals surface area contributed by atoms with Crippen molar-refractivity contribution in [2.75, 3.05) is 0 Å². The summed E-state index contributed by atoms with van der Waals surface area (Å²) < 4.78 is 13.9. The van der Waals surface area contributed by atoms with Gasteiger partial charge in [-0.25, -0.2) is 0 Å².